The van der Waals surface area contributed by atoms with Crippen LogP contribution >= 0.6 is 0 Å². The van der Waals surface area contributed by atoms with E-state index in [0.29, 0.717) is 6.04 Å². The molecule has 21 heavy (non-hydrogen) atoms. The topological polar surface area (TPSA) is 64.3 Å². The van der Waals surface area contributed by atoms with Crippen molar-refractivity contribution in [1.82, 2.24) is 0 Å². The Bertz CT molecular complexity index is 482. The van der Waals surface area contributed by atoms with Crippen molar-refractivity contribution < 1.29 is 9.53 Å². The molecule has 0 aromatic heterocycles. The lowest BCUT2D eigenvalue weighted by Gasteiger charge is -2.24. The van der Waals surface area contributed by atoms with Gasteiger partial charge in [0.05, 0.1) is 0 Å². The van der Waals surface area contributed by atoms with E-state index in [-0.39, 0.29) is 11.5 Å². The van der Waals surface area contributed by atoms with Crippen molar-refractivity contribution >= 4 is 11.8 Å². The molecule has 2 rings (SSSR count). The first-order valence-corrected chi connectivity index (χ1v) is 7.74. The number of anilines is 1. The fourth-order valence-electron chi connectivity index (χ4n) is 2.80. The number of primary amides is 1. The second-order valence-corrected chi connectivity index (χ2v) is 6.53. The Morgan fingerprint density at radius 1 is 1.33 bits per heavy atom. The zero-order valence-electron chi connectivity index (χ0n) is 13.2. The highest BCUT2D eigenvalue weighted by molar-refractivity contribution is 5.64. The van der Waals surface area contributed by atoms with Gasteiger partial charge in [-0.2, -0.15) is 0 Å². The first-order valence-electron chi connectivity index (χ1n) is 7.74. The summed E-state index contributed by atoms with van der Waals surface area (Å²) in [5.74, 6) is 0. The molecule has 1 aromatic carbocycles. The molecule has 0 bridgehead atoms. The van der Waals surface area contributed by atoms with Crippen LogP contribution in [0.15, 0.2) is 24.3 Å². The molecule has 0 saturated heterocycles. The zero-order chi connectivity index (χ0) is 15.5. The Balaban J connectivity index is 1.91. The molecular weight excluding hydrogens is 264 g/mol. The van der Waals surface area contributed by atoms with Crippen LogP contribution in [0.3, 0.4) is 0 Å². The smallest absolute Gasteiger partial charge is 0.404 e. The summed E-state index contributed by atoms with van der Waals surface area (Å²) in [7, 11) is 0. The van der Waals surface area contributed by atoms with Crippen LogP contribution in [0.4, 0.5) is 10.5 Å². The van der Waals surface area contributed by atoms with Gasteiger partial charge < -0.3 is 15.8 Å². The van der Waals surface area contributed by atoms with E-state index in [1.807, 2.05) is 0 Å². The molecule has 1 aromatic rings. The summed E-state index contributed by atoms with van der Waals surface area (Å²) in [6, 6.07) is 9.00. The maximum Gasteiger partial charge on any atom is 0.404 e. The molecule has 0 radical (unpaired) electrons. The van der Waals surface area contributed by atoms with E-state index >= 15 is 0 Å². The largest absolute Gasteiger partial charge is 0.446 e. The molecule has 3 N–H and O–H groups in total. The van der Waals surface area contributed by atoms with Gasteiger partial charge in [0.1, 0.15) is 6.10 Å². The number of hydrogen-bond acceptors (Lipinski definition) is 3. The van der Waals surface area contributed by atoms with Gasteiger partial charge in [0.25, 0.3) is 0 Å². The standard InChI is InChI=1S/C17H26N2O2/c1-4-17(2,3)12-5-7-13(8-6-12)19-14-9-10-15(11-14)21-16(18)20/h5-8,14-15,19H,4,9-11H2,1-3H3,(H2,18,20). The normalized spacial score (nSPS) is 22.0. The Morgan fingerprint density at radius 3 is 2.57 bits per heavy atom. The molecule has 1 amide bonds. The zero-order valence-corrected chi connectivity index (χ0v) is 13.2. The minimum Gasteiger partial charge on any atom is -0.446 e. The van der Waals surface area contributed by atoms with E-state index in [1.54, 1.807) is 0 Å². The summed E-state index contributed by atoms with van der Waals surface area (Å²) in [4.78, 5) is 10.8. The molecule has 4 nitrogen and oxygen atoms in total. The number of carbonyl (C=O) groups is 1. The fraction of sp³-hybridized carbons (Fsp3) is 0.588. The third kappa shape index (κ3) is 4.13. The van der Waals surface area contributed by atoms with E-state index in [2.05, 4.69) is 50.4 Å². The third-order valence-corrected chi connectivity index (χ3v) is 4.59. The summed E-state index contributed by atoms with van der Waals surface area (Å²) in [5, 5.41) is 3.51. The maximum absolute atomic E-state index is 10.8. The Kier molecular flexibility index (Phi) is 4.76. The van der Waals surface area contributed by atoms with Gasteiger partial charge in [-0.3, -0.25) is 0 Å². The molecule has 1 fully saturated rings. The van der Waals surface area contributed by atoms with Crippen LogP contribution in [0.2, 0.25) is 0 Å². The Morgan fingerprint density at radius 2 is 2.00 bits per heavy atom. The first kappa shape index (κ1) is 15.7. The monoisotopic (exact) mass is 290 g/mol. The molecule has 1 aliphatic carbocycles. The van der Waals surface area contributed by atoms with Gasteiger partial charge >= 0.3 is 6.09 Å². The molecular formula is C17H26N2O2. The lowest BCUT2D eigenvalue weighted by Crippen LogP contribution is -2.23. The van der Waals surface area contributed by atoms with Crippen molar-refractivity contribution in [3.05, 3.63) is 29.8 Å². The average Bonchev–Trinajstić information content (AvgIpc) is 2.85. The summed E-state index contributed by atoms with van der Waals surface area (Å²) in [6.45, 7) is 6.74. The molecule has 116 valence electrons. The molecule has 0 spiro atoms. The number of amides is 1. The van der Waals surface area contributed by atoms with E-state index in [4.69, 9.17) is 10.5 Å². The van der Waals surface area contributed by atoms with Crippen molar-refractivity contribution in [1.29, 1.82) is 0 Å². The minimum atomic E-state index is -0.674. The second-order valence-electron chi connectivity index (χ2n) is 6.53. The van der Waals surface area contributed by atoms with Crippen LogP contribution in [0.1, 0.15) is 52.0 Å². The van der Waals surface area contributed by atoms with Gasteiger partial charge in [0.15, 0.2) is 0 Å². The first-order chi connectivity index (χ1) is 9.90. The molecule has 0 heterocycles. The van der Waals surface area contributed by atoms with Crippen LogP contribution in [-0.2, 0) is 10.2 Å². The quantitative estimate of drug-likeness (QED) is 0.867. The predicted octanol–water partition coefficient (Wildman–Crippen LogP) is 3.80. The molecule has 4 heteroatoms. The number of rotatable bonds is 5. The van der Waals surface area contributed by atoms with Crippen LogP contribution in [0.5, 0.6) is 0 Å². The van der Waals surface area contributed by atoms with Gasteiger partial charge in [-0.15, -0.1) is 0 Å². The van der Waals surface area contributed by atoms with Crippen LogP contribution in [0.25, 0.3) is 0 Å². The molecule has 1 saturated carbocycles. The number of hydrogen-bond donors (Lipinski definition) is 2. The van der Waals surface area contributed by atoms with Gasteiger partial charge in [0.2, 0.25) is 0 Å². The highest BCUT2D eigenvalue weighted by Gasteiger charge is 2.27. The predicted molar refractivity (Wildman–Crippen MR) is 85.5 cm³/mol. The second kappa shape index (κ2) is 6.37. The molecule has 1 aliphatic rings. The SMILES string of the molecule is CCC(C)(C)c1ccc(NC2CCC(OC(N)=O)C2)cc1. The van der Waals surface area contributed by atoms with Crippen molar-refractivity contribution in [3.63, 3.8) is 0 Å². The maximum atomic E-state index is 10.8. The van der Waals surface area contributed by atoms with Gasteiger partial charge in [-0.05, 0) is 42.4 Å². The number of nitrogens with one attached hydrogen (secondary N) is 1. The van der Waals surface area contributed by atoms with E-state index < -0.39 is 6.09 Å². The Labute approximate surface area is 127 Å². The summed E-state index contributed by atoms with van der Waals surface area (Å²) < 4.78 is 5.06. The molecule has 2 unspecified atom stereocenters. The van der Waals surface area contributed by atoms with Crippen molar-refractivity contribution in [2.24, 2.45) is 5.73 Å². The van der Waals surface area contributed by atoms with E-state index in [1.165, 1.54) is 5.56 Å². The van der Waals surface area contributed by atoms with Gasteiger partial charge in [-0.1, -0.05) is 32.9 Å². The Hall–Kier alpha value is -1.71. The summed E-state index contributed by atoms with van der Waals surface area (Å²) >= 11 is 0. The van der Waals surface area contributed by atoms with Gasteiger partial charge in [-0.25, -0.2) is 4.79 Å². The fourth-order valence-corrected chi connectivity index (χ4v) is 2.80. The lowest BCUT2D eigenvalue weighted by atomic mass is 9.82. The van der Waals surface area contributed by atoms with Crippen molar-refractivity contribution in [3.8, 4) is 0 Å². The highest BCUT2D eigenvalue weighted by Crippen LogP contribution is 2.29. The van der Waals surface area contributed by atoms with E-state index in [0.717, 1.165) is 31.4 Å². The van der Waals surface area contributed by atoms with Crippen LogP contribution < -0.4 is 11.1 Å². The van der Waals surface area contributed by atoms with Crippen molar-refractivity contribution in [2.75, 3.05) is 5.32 Å². The number of ether oxygens (including phenoxy) is 1. The van der Waals surface area contributed by atoms with Crippen LogP contribution in [0, 0.1) is 0 Å². The number of nitrogens with two attached hydrogens (primary N) is 1. The van der Waals surface area contributed by atoms with E-state index in [9.17, 15) is 4.79 Å². The van der Waals surface area contributed by atoms with Crippen LogP contribution in [-0.4, -0.2) is 18.2 Å². The molecule has 0 aliphatic heterocycles. The molecule has 2 atom stereocenters. The lowest BCUT2D eigenvalue weighted by molar-refractivity contribution is 0.110. The number of benzene rings is 1. The summed E-state index contributed by atoms with van der Waals surface area (Å²) in [5.41, 5.74) is 7.75. The van der Waals surface area contributed by atoms with Gasteiger partial charge in [0, 0.05) is 18.2 Å². The average molecular weight is 290 g/mol. The minimum absolute atomic E-state index is 0.0432. The van der Waals surface area contributed by atoms with Crippen molar-refractivity contribution in [2.45, 2.75) is 64.0 Å². The number of carbonyl (C=O) groups excluding carboxylic acids is 1. The third-order valence-electron chi connectivity index (χ3n) is 4.59. The summed E-state index contributed by atoms with van der Waals surface area (Å²) in [6.07, 6.45) is 3.10. The highest BCUT2D eigenvalue weighted by atomic mass is 16.6.